The molecule has 0 aliphatic rings. The van der Waals surface area contributed by atoms with Gasteiger partial charge < -0.3 is 10.6 Å². The lowest BCUT2D eigenvalue weighted by Gasteiger charge is -2.23. The van der Waals surface area contributed by atoms with Gasteiger partial charge in [-0.25, -0.2) is 0 Å². The molecule has 0 saturated carbocycles. The van der Waals surface area contributed by atoms with E-state index in [-0.39, 0.29) is 18.5 Å². The highest BCUT2D eigenvalue weighted by Gasteiger charge is 2.17. The first-order chi connectivity index (χ1) is 12.3. The number of aryl methyl sites for hydroxylation is 2. The Bertz CT molecular complexity index is 718. The predicted octanol–water partition coefficient (Wildman–Crippen LogP) is 4.17. The van der Waals surface area contributed by atoms with Crippen molar-refractivity contribution in [3.63, 3.8) is 0 Å². The van der Waals surface area contributed by atoms with E-state index in [1.165, 1.54) is 11.1 Å². The molecule has 26 heavy (non-hydrogen) atoms. The van der Waals surface area contributed by atoms with Crippen LogP contribution in [0.2, 0.25) is 0 Å². The van der Waals surface area contributed by atoms with Crippen LogP contribution < -0.4 is 10.6 Å². The summed E-state index contributed by atoms with van der Waals surface area (Å²) >= 11 is 0. The lowest BCUT2D eigenvalue weighted by atomic mass is 9.92. The van der Waals surface area contributed by atoms with Crippen LogP contribution in [-0.4, -0.2) is 22.2 Å². The first kappa shape index (κ1) is 20.2. The van der Waals surface area contributed by atoms with Gasteiger partial charge in [-0.15, -0.1) is 0 Å². The van der Waals surface area contributed by atoms with Crippen LogP contribution in [-0.2, 0) is 11.8 Å². The van der Waals surface area contributed by atoms with E-state index in [1.54, 1.807) is 4.68 Å². The van der Waals surface area contributed by atoms with Crippen molar-refractivity contribution in [2.45, 2.75) is 53.0 Å². The molecule has 2 unspecified atom stereocenters. The number of rotatable bonds is 8. The standard InChI is InChI=1S/C21H32N4O/c1-7-15(4)17-8-10-18(11-9-17)21(14(2)3)22-13-20(26)23-19-12-16(5)24-25(19)6/h8-12,14-15,21-22H,7,13H2,1-6H3,(H,23,26). The van der Waals surface area contributed by atoms with Gasteiger partial charge in [-0.1, -0.05) is 52.0 Å². The summed E-state index contributed by atoms with van der Waals surface area (Å²) in [6, 6.07) is 10.8. The van der Waals surface area contributed by atoms with Crippen LogP contribution >= 0.6 is 0 Å². The summed E-state index contributed by atoms with van der Waals surface area (Å²) in [6.07, 6.45) is 1.14. The highest BCUT2D eigenvalue weighted by atomic mass is 16.2. The van der Waals surface area contributed by atoms with Crippen LogP contribution in [0, 0.1) is 12.8 Å². The van der Waals surface area contributed by atoms with Crippen molar-refractivity contribution in [1.29, 1.82) is 0 Å². The first-order valence-corrected chi connectivity index (χ1v) is 9.45. The summed E-state index contributed by atoms with van der Waals surface area (Å²) in [4.78, 5) is 12.3. The Morgan fingerprint density at radius 1 is 1.15 bits per heavy atom. The SMILES string of the molecule is CCC(C)c1ccc(C(NCC(=O)Nc2cc(C)nn2C)C(C)C)cc1. The maximum atomic E-state index is 12.3. The second kappa shape index (κ2) is 8.99. The minimum atomic E-state index is -0.0603. The Hall–Kier alpha value is -2.14. The maximum Gasteiger partial charge on any atom is 0.239 e. The summed E-state index contributed by atoms with van der Waals surface area (Å²) in [7, 11) is 1.83. The van der Waals surface area contributed by atoms with E-state index in [0.717, 1.165) is 12.1 Å². The van der Waals surface area contributed by atoms with E-state index in [0.29, 0.717) is 17.7 Å². The molecule has 0 spiro atoms. The molecule has 2 N–H and O–H groups in total. The van der Waals surface area contributed by atoms with Gasteiger partial charge in [0, 0.05) is 19.2 Å². The molecule has 2 atom stereocenters. The lowest BCUT2D eigenvalue weighted by Crippen LogP contribution is -2.34. The molecule has 0 aliphatic heterocycles. The zero-order valence-corrected chi connectivity index (χ0v) is 16.8. The molecule has 0 saturated heterocycles. The summed E-state index contributed by atoms with van der Waals surface area (Å²) in [6.45, 7) is 11.0. The third-order valence-corrected chi connectivity index (χ3v) is 4.90. The van der Waals surface area contributed by atoms with Gasteiger partial charge in [-0.05, 0) is 36.3 Å². The number of aromatic nitrogens is 2. The molecular weight excluding hydrogens is 324 g/mol. The lowest BCUT2D eigenvalue weighted by molar-refractivity contribution is -0.115. The highest BCUT2D eigenvalue weighted by molar-refractivity contribution is 5.91. The molecule has 5 nitrogen and oxygen atoms in total. The number of nitrogens with zero attached hydrogens (tertiary/aromatic N) is 2. The molecule has 1 aromatic heterocycles. The molecule has 142 valence electrons. The van der Waals surface area contributed by atoms with Crippen molar-refractivity contribution in [3.05, 3.63) is 47.2 Å². The number of hydrogen-bond acceptors (Lipinski definition) is 3. The third-order valence-electron chi connectivity index (χ3n) is 4.90. The van der Waals surface area contributed by atoms with Gasteiger partial charge in [0.2, 0.25) is 5.91 Å². The molecule has 2 rings (SSSR count). The van der Waals surface area contributed by atoms with E-state index in [2.05, 4.69) is 67.7 Å². The Kier molecular flexibility index (Phi) is 6.98. The third kappa shape index (κ3) is 5.18. The van der Waals surface area contributed by atoms with Crippen LogP contribution in [0.25, 0.3) is 0 Å². The second-order valence-corrected chi connectivity index (χ2v) is 7.42. The summed E-state index contributed by atoms with van der Waals surface area (Å²) in [5.74, 6) is 1.61. The Balaban J connectivity index is 1.99. The monoisotopic (exact) mass is 356 g/mol. The van der Waals surface area contributed by atoms with E-state index in [9.17, 15) is 4.79 Å². The Morgan fingerprint density at radius 2 is 1.77 bits per heavy atom. The van der Waals surface area contributed by atoms with Gasteiger partial charge in [-0.3, -0.25) is 9.48 Å². The number of carbonyl (C=O) groups excluding carboxylic acids is 1. The van der Waals surface area contributed by atoms with E-state index >= 15 is 0 Å². The van der Waals surface area contributed by atoms with E-state index in [4.69, 9.17) is 0 Å². The number of amides is 1. The van der Waals surface area contributed by atoms with Crippen LogP contribution in [0.4, 0.5) is 5.82 Å². The van der Waals surface area contributed by atoms with Crippen molar-refractivity contribution in [3.8, 4) is 0 Å². The van der Waals surface area contributed by atoms with Crippen LogP contribution in [0.5, 0.6) is 0 Å². The smallest absolute Gasteiger partial charge is 0.239 e. The average molecular weight is 357 g/mol. The van der Waals surface area contributed by atoms with Crippen molar-refractivity contribution >= 4 is 11.7 Å². The molecule has 0 aliphatic carbocycles. The zero-order valence-electron chi connectivity index (χ0n) is 16.8. The average Bonchev–Trinajstić information content (AvgIpc) is 2.91. The minimum absolute atomic E-state index is 0.0603. The van der Waals surface area contributed by atoms with Gasteiger partial charge in [0.05, 0.1) is 12.2 Å². The molecule has 1 aromatic carbocycles. The number of hydrogen-bond donors (Lipinski definition) is 2. The molecule has 2 aromatic rings. The number of benzene rings is 1. The molecule has 0 fully saturated rings. The van der Waals surface area contributed by atoms with Crippen molar-refractivity contribution in [1.82, 2.24) is 15.1 Å². The molecule has 1 heterocycles. The van der Waals surface area contributed by atoms with Crippen molar-refractivity contribution in [2.75, 3.05) is 11.9 Å². The minimum Gasteiger partial charge on any atom is -0.310 e. The predicted molar refractivity (Wildman–Crippen MR) is 107 cm³/mol. The number of nitrogens with one attached hydrogen (secondary N) is 2. The summed E-state index contributed by atoms with van der Waals surface area (Å²) in [5.41, 5.74) is 3.47. The van der Waals surface area contributed by atoms with Gasteiger partial charge >= 0.3 is 0 Å². The van der Waals surface area contributed by atoms with Crippen LogP contribution in [0.3, 0.4) is 0 Å². The fourth-order valence-electron chi connectivity index (χ4n) is 3.12. The topological polar surface area (TPSA) is 59.0 Å². The summed E-state index contributed by atoms with van der Waals surface area (Å²) in [5, 5.41) is 10.6. The van der Waals surface area contributed by atoms with Gasteiger partial charge in [0.15, 0.2) is 0 Å². The maximum absolute atomic E-state index is 12.3. The van der Waals surface area contributed by atoms with Crippen LogP contribution in [0.15, 0.2) is 30.3 Å². The van der Waals surface area contributed by atoms with Crippen molar-refractivity contribution < 1.29 is 4.79 Å². The van der Waals surface area contributed by atoms with Crippen LogP contribution in [0.1, 0.15) is 62.9 Å². The molecule has 0 bridgehead atoms. The Labute approximate surface area is 157 Å². The quantitative estimate of drug-likeness (QED) is 0.746. The second-order valence-electron chi connectivity index (χ2n) is 7.42. The normalized spacial score (nSPS) is 13.7. The first-order valence-electron chi connectivity index (χ1n) is 9.45. The van der Waals surface area contributed by atoms with Gasteiger partial charge in [0.25, 0.3) is 0 Å². The Morgan fingerprint density at radius 3 is 2.27 bits per heavy atom. The number of anilines is 1. The highest BCUT2D eigenvalue weighted by Crippen LogP contribution is 2.25. The van der Waals surface area contributed by atoms with E-state index < -0.39 is 0 Å². The molecule has 0 radical (unpaired) electrons. The largest absolute Gasteiger partial charge is 0.310 e. The van der Waals surface area contributed by atoms with Crippen molar-refractivity contribution in [2.24, 2.45) is 13.0 Å². The zero-order chi connectivity index (χ0) is 19.3. The van der Waals surface area contributed by atoms with Gasteiger partial charge in [0.1, 0.15) is 5.82 Å². The molecule has 1 amide bonds. The fraction of sp³-hybridized carbons (Fsp3) is 0.524. The molecular formula is C21H32N4O. The molecule has 5 heteroatoms. The fourth-order valence-corrected chi connectivity index (χ4v) is 3.12. The van der Waals surface area contributed by atoms with Gasteiger partial charge in [-0.2, -0.15) is 5.10 Å². The van der Waals surface area contributed by atoms with E-state index in [1.807, 2.05) is 20.0 Å². The summed E-state index contributed by atoms with van der Waals surface area (Å²) < 4.78 is 1.68. The number of carbonyl (C=O) groups is 1.